The number of aromatic amines is 1. The fourth-order valence-electron chi connectivity index (χ4n) is 3.99. The van der Waals surface area contributed by atoms with Crippen LogP contribution in [0.25, 0.3) is 11.6 Å². The van der Waals surface area contributed by atoms with Crippen molar-refractivity contribution >= 4 is 44.9 Å². The van der Waals surface area contributed by atoms with Gasteiger partial charge in [0.25, 0.3) is 15.9 Å². The van der Waals surface area contributed by atoms with Crippen LogP contribution in [-0.2, 0) is 25.7 Å². The second-order valence-corrected chi connectivity index (χ2v) is 9.97. The van der Waals surface area contributed by atoms with Gasteiger partial charge >= 0.3 is 12.1 Å². The van der Waals surface area contributed by atoms with Crippen LogP contribution in [0.15, 0.2) is 47.4 Å². The minimum absolute atomic E-state index is 0.0533. The Kier molecular flexibility index (Phi) is 6.63. The molecule has 2 heterocycles. The third kappa shape index (κ3) is 5.10. The lowest BCUT2D eigenvalue weighted by Gasteiger charge is -2.11. The van der Waals surface area contributed by atoms with Gasteiger partial charge in [-0.1, -0.05) is 0 Å². The number of fused-ring (bicyclic) bond motifs is 1. The van der Waals surface area contributed by atoms with E-state index in [-0.39, 0.29) is 22.8 Å². The quantitative estimate of drug-likeness (QED) is 0.300. The van der Waals surface area contributed by atoms with E-state index in [1.165, 1.54) is 24.3 Å². The molecule has 0 saturated heterocycles. The fourth-order valence-corrected chi connectivity index (χ4v) is 5.08. The van der Waals surface area contributed by atoms with E-state index in [9.17, 15) is 31.2 Å². The predicted octanol–water partition coefficient (Wildman–Crippen LogP) is 5.12. The van der Waals surface area contributed by atoms with Crippen LogP contribution in [0, 0.1) is 13.8 Å². The van der Waals surface area contributed by atoms with Gasteiger partial charge in [0, 0.05) is 28.3 Å². The van der Waals surface area contributed by atoms with Gasteiger partial charge in [-0.2, -0.15) is 13.2 Å². The Morgan fingerprint density at radius 2 is 1.78 bits per heavy atom. The van der Waals surface area contributed by atoms with Crippen molar-refractivity contribution in [2.75, 3.05) is 16.6 Å². The van der Waals surface area contributed by atoms with Gasteiger partial charge in [-0.05, 0) is 74.9 Å². The number of rotatable bonds is 6. The second kappa shape index (κ2) is 9.43. The number of anilines is 2. The molecule has 0 spiro atoms. The zero-order valence-corrected chi connectivity index (χ0v) is 20.7. The minimum atomic E-state index is -4.55. The Morgan fingerprint density at radius 1 is 1.11 bits per heavy atom. The molecule has 3 N–H and O–H groups in total. The normalized spacial score (nSPS) is 14.4. The molecule has 0 aliphatic carbocycles. The number of H-pyrrole nitrogens is 1. The second-order valence-electron chi connectivity index (χ2n) is 8.28. The zero-order valence-electron chi connectivity index (χ0n) is 19.9. The van der Waals surface area contributed by atoms with Crippen molar-refractivity contribution in [3.05, 3.63) is 76.1 Å². The molecule has 0 saturated carbocycles. The maximum Gasteiger partial charge on any atom is 0.416 e. The highest BCUT2D eigenvalue weighted by atomic mass is 32.2. The lowest BCUT2D eigenvalue weighted by atomic mass is 10.0. The summed E-state index contributed by atoms with van der Waals surface area (Å²) in [5, 5.41) is 2.67. The van der Waals surface area contributed by atoms with Crippen LogP contribution in [0.1, 0.15) is 45.4 Å². The highest BCUT2D eigenvalue weighted by molar-refractivity contribution is 7.92. The van der Waals surface area contributed by atoms with Crippen molar-refractivity contribution in [3.63, 3.8) is 0 Å². The van der Waals surface area contributed by atoms with E-state index in [0.717, 1.165) is 24.3 Å². The number of nitrogens with one attached hydrogen (secondary N) is 3. The van der Waals surface area contributed by atoms with Gasteiger partial charge in [0.1, 0.15) is 0 Å². The molecule has 194 valence electrons. The Labute approximate surface area is 210 Å². The van der Waals surface area contributed by atoms with E-state index in [1.54, 1.807) is 20.8 Å². The Balaban J connectivity index is 1.68. The molecule has 8 nitrogen and oxygen atoms in total. The van der Waals surface area contributed by atoms with Gasteiger partial charge in [-0.3, -0.25) is 9.52 Å². The maximum atomic E-state index is 13.0. The standard InChI is InChI=1S/C25H22F3N3O5S/c1-4-36-24(33)22-13(2)21(29-14(22)3)12-19-18-11-17(9-10-20(18)30-23(19)32)37(34,35)31-16-7-5-15(6-8-16)25(26,27)28/h5-12,29,31H,4H2,1-3H3,(H,30,32). The number of hydrogen-bond donors (Lipinski definition) is 3. The first kappa shape index (κ1) is 26.0. The van der Waals surface area contributed by atoms with Gasteiger partial charge in [0.05, 0.1) is 28.2 Å². The van der Waals surface area contributed by atoms with E-state index in [0.29, 0.717) is 33.8 Å². The first-order chi connectivity index (χ1) is 17.3. The largest absolute Gasteiger partial charge is 0.462 e. The molecule has 0 atom stereocenters. The summed E-state index contributed by atoms with van der Waals surface area (Å²) in [4.78, 5) is 27.9. The summed E-state index contributed by atoms with van der Waals surface area (Å²) in [5.41, 5.74) is 1.85. The molecule has 12 heteroatoms. The van der Waals surface area contributed by atoms with Crippen LogP contribution in [-0.4, -0.2) is 31.9 Å². The van der Waals surface area contributed by atoms with Crippen LogP contribution in [0.2, 0.25) is 0 Å². The molecule has 0 unspecified atom stereocenters. The van der Waals surface area contributed by atoms with Gasteiger partial charge in [0.15, 0.2) is 0 Å². The first-order valence-corrected chi connectivity index (χ1v) is 12.5. The van der Waals surface area contributed by atoms with Crippen LogP contribution in [0.3, 0.4) is 0 Å². The highest BCUT2D eigenvalue weighted by Gasteiger charge is 2.31. The van der Waals surface area contributed by atoms with Crippen molar-refractivity contribution in [2.24, 2.45) is 0 Å². The van der Waals surface area contributed by atoms with Crippen LogP contribution < -0.4 is 10.0 Å². The molecule has 1 aromatic heterocycles. The Hall–Kier alpha value is -4.06. The molecule has 3 aromatic rings. The molecule has 4 rings (SSSR count). The highest BCUT2D eigenvalue weighted by Crippen LogP contribution is 2.36. The fraction of sp³-hybridized carbons (Fsp3) is 0.200. The first-order valence-electron chi connectivity index (χ1n) is 11.1. The molecule has 1 aliphatic rings. The molecule has 0 radical (unpaired) electrons. The van der Waals surface area contributed by atoms with E-state index in [1.807, 2.05) is 0 Å². The lowest BCUT2D eigenvalue weighted by Crippen LogP contribution is -2.13. The molecule has 1 aliphatic heterocycles. The van der Waals surface area contributed by atoms with Crippen molar-refractivity contribution in [3.8, 4) is 0 Å². The van der Waals surface area contributed by atoms with Crippen LogP contribution in [0.4, 0.5) is 24.5 Å². The topological polar surface area (TPSA) is 117 Å². The summed E-state index contributed by atoms with van der Waals surface area (Å²) >= 11 is 0. The molecular formula is C25H22F3N3O5S. The summed E-state index contributed by atoms with van der Waals surface area (Å²) < 4.78 is 71.6. The molecule has 2 aromatic carbocycles. The Bertz CT molecular complexity index is 1540. The van der Waals surface area contributed by atoms with Crippen LogP contribution >= 0.6 is 0 Å². The molecule has 0 bridgehead atoms. The number of alkyl halides is 3. The summed E-state index contributed by atoms with van der Waals surface area (Å²) in [6, 6.07) is 7.57. The summed E-state index contributed by atoms with van der Waals surface area (Å²) in [5.74, 6) is -0.970. The molecular weight excluding hydrogens is 511 g/mol. The molecule has 1 amide bonds. The number of aromatic nitrogens is 1. The van der Waals surface area contributed by atoms with Gasteiger partial charge in [0.2, 0.25) is 0 Å². The SMILES string of the molecule is CCOC(=O)c1c(C)[nH]c(C=C2C(=O)Nc3ccc(S(=O)(=O)Nc4ccc(C(F)(F)F)cc4)cc32)c1C. The third-order valence-corrected chi connectivity index (χ3v) is 7.17. The number of carbonyl (C=O) groups excluding carboxylic acids is 2. The molecule has 0 fully saturated rings. The van der Waals surface area contributed by atoms with Gasteiger partial charge in [-0.25, -0.2) is 13.2 Å². The van der Waals surface area contributed by atoms with Crippen molar-refractivity contribution in [2.45, 2.75) is 31.8 Å². The maximum absolute atomic E-state index is 13.0. The number of amides is 1. The zero-order chi connectivity index (χ0) is 27.1. The average Bonchev–Trinajstić information content (AvgIpc) is 3.27. The monoisotopic (exact) mass is 533 g/mol. The predicted molar refractivity (Wildman–Crippen MR) is 131 cm³/mol. The van der Waals surface area contributed by atoms with E-state index >= 15 is 0 Å². The Morgan fingerprint density at radius 3 is 2.41 bits per heavy atom. The smallest absolute Gasteiger partial charge is 0.416 e. The van der Waals surface area contributed by atoms with Crippen LogP contribution in [0.5, 0.6) is 0 Å². The summed E-state index contributed by atoms with van der Waals surface area (Å²) in [6.45, 7) is 5.29. The van der Waals surface area contributed by atoms with Gasteiger partial charge in [-0.15, -0.1) is 0 Å². The number of halogens is 3. The van der Waals surface area contributed by atoms with E-state index in [4.69, 9.17) is 4.74 Å². The molecule has 37 heavy (non-hydrogen) atoms. The third-order valence-electron chi connectivity index (χ3n) is 5.79. The number of esters is 1. The van der Waals surface area contributed by atoms with Gasteiger partial charge < -0.3 is 15.0 Å². The van der Waals surface area contributed by atoms with E-state index in [2.05, 4.69) is 15.0 Å². The van der Waals surface area contributed by atoms with Crippen molar-refractivity contribution in [1.29, 1.82) is 0 Å². The number of carbonyl (C=O) groups is 2. The van der Waals surface area contributed by atoms with Crippen molar-refractivity contribution < 1.29 is 35.9 Å². The number of benzene rings is 2. The van der Waals surface area contributed by atoms with E-state index < -0.39 is 33.6 Å². The summed E-state index contributed by atoms with van der Waals surface area (Å²) in [6.07, 6.45) is -3.03. The number of sulfonamides is 1. The van der Waals surface area contributed by atoms with Crippen molar-refractivity contribution in [1.82, 2.24) is 4.98 Å². The number of ether oxygens (including phenoxy) is 1. The average molecular weight is 534 g/mol. The number of aryl methyl sites for hydroxylation is 1. The minimum Gasteiger partial charge on any atom is -0.462 e. The number of hydrogen-bond acceptors (Lipinski definition) is 5. The summed E-state index contributed by atoms with van der Waals surface area (Å²) in [7, 11) is -4.19. The lowest BCUT2D eigenvalue weighted by molar-refractivity contribution is -0.137.